The van der Waals surface area contributed by atoms with E-state index in [0.29, 0.717) is 23.4 Å². The Balaban J connectivity index is 0.00000276. The summed E-state index contributed by atoms with van der Waals surface area (Å²) in [5.41, 5.74) is 2.45. The zero-order chi connectivity index (χ0) is 36.4. The Morgan fingerprint density at radius 2 is 1.60 bits per heavy atom. The Bertz CT molecular complexity index is 1920. The molecule has 11 heteroatoms. The van der Waals surface area contributed by atoms with Crippen molar-refractivity contribution in [1.29, 1.82) is 0 Å². The zero-order valence-corrected chi connectivity index (χ0v) is 28.8. The number of aliphatic carboxylic acids is 1. The largest absolute Gasteiger partial charge is 0.497 e. The number of aromatic nitrogens is 2. The Kier molecular flexibility index (Phi) is 12.7. The molecule has 0 bridgehead atoms. The van der Waals surface area contributed by atoms with E-state index in [4.69, 9.17) is 19.7 Å². The molecule has 0 aliphatic rings. The molecule has 264 valence electrons. The molecular weight excluding hydrogens is 647 g/mol. The van der Waals surface area contributed by atoms with Gasteiger partial charge in [-0.3, -0.25) is 14.3 Å². The van der Waals surface area contributed by atoms with Crippen molar-refractivity contribution in [3.05, 3.63) is 102 Å². The number of rotatable bonds is 13. The molecule has 0 aliphatic heterocycles. The number of halogens is 3. The van der Waals surface area contributed by atoms with Gasteiger partial charge in [0.2, 0.25) is 0 Å². The van der Waals surface area contributed by atoms with Crippen LogP contribution in [0.2, 0.25) is 0 Å². The normalized spacial score (nSPS) is 11.8. The second-order valence-electron chi connectivity index (χ2n) is 11.4. The molecule has 8 nitrogen and oxygen atoms in total. The molecular formula is C39H42F3N3O5. The lowest BCUT2D eigenvalue weighted by Crippen LogP contribution is -2.26. The summed E-state index contributed by atoms with van der Waals surface area (Å²) in [7, 11) is 3.01. The third-order valence-electron chi connectivity index (χ3n) is 8.19. The summed E-state index contributed by atoms with van der Waals surface area (Å²) in [5, 5.41) is 18.4. The van der Waals surface area contributed by atoms with Gasteiger partial charge in [0.25, 0.3) is 5.91 Å². The number of carbonyl (C=O) groups excluding carboxylic acids is 1. The Hall–Kier alpha value is -5.32. The first kappa shape index (κ1) is 37.5. The number of fused-ring (bicyclic) bond motifs is 1. The van der Waals surface area contributed by atoms with E-state index in [1.54, 1.807) is 25.3 Å². The fourth-order valence-electron chi connectivity index (χ4n) is 5.64. The standard InChI is InChI=1S/C37H36F3N3O5.C2H6/c1-4-5-6-32(23-7-9-24(10-8-23)36(46)41-18-17-35(44)45)43-33(27-12-11-26-20-29(47-2)15-13-25(26)19-27)22-31(42-43)30-21-28(37(38,39)40)14-16-34(30)48-3;1-2/h7-16,19-22,32H,4-6,17-18H2,1-3H3,(H,41,46)(H,44,45);1-2H3. The predicted octanol–water partition coefficient (Wildman–Crippen LogP) is 9.42. The molecule has 5 aromatic rings. The van der Waals surface area contributed by atoms with Crippen LogP contribution in [0.3, 0.4) is 0 Å². The number of alkyl halides is 3. The Morgan fingerprint density at radius 1 is 0.900 bits per heavy atom. The van der Waals surface area contributed by atoms with Gasteiger partial charge in [0.1, 0.15) is 11.5 Å². The first-order valence-electron chi connectivity index (χ1n) is 16.6. The molecule has 1 atom stereocenters. The summed E-state index contributed by atoms with van der Waals surface area (Å²) in [4.78, 5) is 23.5. The van der Waals surface area contributed by atoms with Gasteiger partial charge in [-0.15, -0.1) is 0 Å². The van der Waals surface area contributed by atoms with Crippen LogP contribution >= 0.6 is 0 Å². The highest BCUT2D eigenvalue weighted by molar-refractivity contribution is 5.94. The highest BCUT2D eigenvalue weighted by atomic mass is 19.4. The van der Waals surface area contributed by atoms with Gasteiger partial charge < -0.3 is 19.9 Å². The second kappa shape index (κ2) is 16.9. The van der Waals surface area contributed by atoms with E-state index >= 15 is 0 Å². The summed E-state index contributed by atoms with van der Waals surface area (Å²) in [6, 6.07) is 23.5. The van der Waals surface area contributed by atoms with Crippen LogP contribution in [0.5, 0.6) is 11.5 Å². The number of amides is 1. The highest BCUT2D eigenvalue weighted by Gasteiger charge is 2.32. The third kappa shape index (κ3) is 8.82. The average Bonchev–Trinajstić information content (AvgIpc) is 3.56. The van der Waals surface area contributed by atoms with E-state index < -0.39 is 17.7 Å². The molecule has 1 amide bonds. The fraction of sp³-hybridized carbons (Fsp3) is 0.308. The smallest absolute Gasteiger partial charge is 0.416 e. The van der Waals surface area contributed by atoms with Crippen LogP contribution in [0, 0.1) is 0 Å². The summed E-state index contributed by atoms with van der Waals surface area (Å²) < 4.78 is 54.2. The number of nitrogens with one attached hydrogen (secondary N) is 1. The van der Waals surface area contributed by atoms with Gasteiger partial charge in [0.05, 0.1) is 43.6 Å². The van der Waals surface area contributed by atoms with Crippen molar-refractivity contribution < 1.29 is 37.3 Å². The van der Waals surface area contributed by atoms with Crippen LogP contribution in [0.25, 0.3) is 33.3 Å². The molecule has 0 fully saturated rings. The van der Waals surface area contributed by atoms with Crippen molar-refractivity contribution in [1.82, 2.24) is 15.1 Å². The maximum Gasteiger partial charge on any atom is 0.416 e. The van der Waals surface area contributed by atoms with E-state index in [1.165, 1.54) is 13.2 Å². The van der Waals surface area contributed by atoms with Crippen LogP contribution < -0.4 is 14.8 Å². The molecule has 2 N–H and O–H groups in total. The van der Waals surface area contributed by atoms with Gasteiger partial charge in [-0.25, -0.2) is 0 Å². The number of carbonyl (C=O) groups is 2. The number of carboxylic acid groups (broad SMARTS) is 1. The van der Waals surface area contributed by atoms with E-state index in [1.807, 2.05) is 67.1 Å². The van der Waals surface area contributed by atoms with E-state index in [2.05, 4.69) is 12.2 Å². The Morgan fingerprint density at radius 3 is 2.24 bits per heavy atom. The number of hydrogen-bond donors (Lipinski definition) is 2. The van der Waals surface area contributed by atoms with Crippen LogP contribution in [0.1, 0.15) is 74.0 Å². The third-order valence-corrected chi connectivity index (χ3v) is 8.19. The quantitative estimate of drug-likeness (QED) is 0.128. The maximum atomic E-state index is 13.8. The van der Waals surface area contributed by atoms with E-state index in [-0.39, 0.29) is 36.2 Å². The van der Waals surface area contributed by atoms with Crippen LogP contribution in [-0.2, 0) is 11.0 Å². The number of nitrogens with zero attached hydrogens (tertiary/aromatic N) is 2. The van der Waals surface area contributed by atoms with Gasteiger partial charge in [-0.2, -0.15) is 18.3 Å². The minimum Gasteiger partial charge on any atom is -0.497 e. The molecule has 1 heterocycles. The first-order valence-corrected chi connectivity index (χ1v) is 16.6. The molecule has 1 unspecified atom stereocenters. The van der Waals surface area contributed by atoms with Gasteiger partial charge in [-0.05, 0) is 77.4 Å². The lowest BCUT2D eigenvalue weighted by molar-refractivity contribution is -0.138. The highest BCUT2D eigenvalue weighted by Crippen LogP contribution is 2.40. The molecule has 0 radical (unpaired) electrons. The van der Waals surface area contributed by atoms with Crippen molar-refractivity contribution in [2.24, 2.45) is 0 Å². The number of carboxylic acids is 1. The van der Waals surface area contributed by atoms with Crippen molar-refractivity contribution in [3.8, 4) is 34.0 Å². The van der Waals surface area contributed by atoms with Crippen molar-refractivity contribution in [3.63, 3.8) is 0 Å². The molecule has 1 aromatic heterocycles. The zero-order valence-electron chi connectivity index (χ0n) is 28.8. The van der Waals surface area contributed by atoms with Crippen LogP contribution in [-0.4, -0.2) is 47.5 Å². The van der Waals surface area contributed by atoms with E-state index in [0.717, 1.165) is 52.6 Å². The van der Waals surface area contributed by atoms with Gasteiger partial charge >= 0.3 is 12.1 Å². The number of methoxy groups -OCH3 is 2. The van der Waals surface area contributed by atoms with Crippen LogP contribution in [0.15, 0.2) is 84.9 Å². The van der Waals surface area contributed by atoms with E-state index in [9.17, 15) is 22.8 Å². The number of unbranched alkanes of at least 4 members (excludes halogenated alkanes) is 1. The minimum absolute atomic E-state index is 0.00596. The summed E-state index contributed by atoms with van der Waals surface area (Å²) >= 11 is 0. The molecule has 4 aromatic carbocycles. The van der Waals surface area contributed by atoms with Gasteiger partial charge in [0, 0.05) is 23.2 Å². The predicted molar refractivity (Wildman–Crippen MR) is 189 cm³/mol. The lowest BCUT2D eigenvalue weighted by Gasteiger charge is -2.21. The van der Waals surface area contributed by atoms with Crippen molar-refractivity contribution in [2.45, 2.75) is 58.7 Å². The monoisotopic (exact) mass is 689 g/mol. The maximum absolute atomic E-state index is 13.8. The number of hydrogen-bond acceptors (Lipinski definition) is 5. The van der Waals surface area contributed by atoms with Crippen molar-refractivity contribution >= 4 is 22.6 Å². The second-order valence-corrected chi connectivity index (χ2v) is 11.4. The van der Waals surface area contributed by atoms with Crippen molar-refractivity contribution in [2.75, 3.05) is 20.8 Å². The molecule has 5 rings (SSSR count). The molecule has 0 saturated heterocycles. The first-order chi connectivity index (χ1) is 24.0. The minimum atomic E-state index is -4.56. The lowest BCUT2D eigenvalue weighted by atomic mass is 9.98. The number of ether oxygens (including phenoxy) is 2. The number of benzene rings is 4. The Labute approximate surface area is 289 Å². The molecule has 50 heavy (non-hydrogen) atoms. The topological polar surface area (TPSA) is 103 Å². The average molecular weight is 690 g/mol. The van der Waals surface area contributed by atoms with Gasteiger partial charge in [0.15, 0.2) is 0 Å². The molecule has 0 spiro atoms. The summed E-state index contributed by atoms with van der Waals surface area (Å²) in [6.07, 6.45) is -2.35. The fourth-order valence-corrected chi connectivity index (χ4v) is 5.64. The molecule has 0 aliphatic carbocycles. The SMILES string of the molecule is CC.CCCCC(c1ccc(C(=O)NCCC(=O)O)cc1)n1nc(-c2cc(C(F)(F)F)ccc2OC)cc1-c1ccc2cc(OC)ccc2c1. The summed E-state index contributed by atoms with van der Waals surface area (Å²) in [6.45, 7) is 6.08. The molecule has 0 saturated carbocycles. The van der Waals surface area contributed by atoms with Gasteiger partial charge in [-0.1, -0.05) is 63.9 Å². The summed E-state index contributed by atoms with van der Waals surface area (Å²) in [5.74, 6) is -0.418. The van der Waals surface area contributed by atoms with Crippen LogP contribution in [0.4, 0.5) is 13.2 Å².